The number of methoxy groups -OCH3 is 1. The van der Waals surface area contributed by atoms with Gasteiger partial charge in [0, 0.05) is 6.04 Å². The maximum atomic E-state index is 12.5. The van der Waals surface area contributed by atoms with Gasteiger partial charge in [0.1, 0.15) is 17.2 Å². The van der Waals surface area contributed by atoms with Gasteiger partial charge in [-0.15, -0.1) is 11.3 Å². The van der Waals surface area contributed by atoms with E-state index in [4.69, 9.17) is 9.84 Å². The Morgan fingerprint density at radius 2 is 2.16 bits per heavy atom. The van der Waals surface area contributed by atoms with E-state index in [2.05, 4.69) is 0 Å². The quantitative estimate of drug-likeness (QED) is 0.899. The van der Waals surface area contributed by atoms with Gasteiger partial charge in [0.25, 0.3) is 5.91 Å². The van der Waals surface area contributed by atoms with Crippen LogP contribution in [0.5, 0.6) is 5.75 Å². The number of aliphatic carboxylic acids is 1. The average molecular weight is 283 g/mol. The highest BCUT2D eigenvalue weighted by atomic mass is 32.1. The summed E-state index contributed by atoms with van der Waals surface area (Å²) >= 11 is 1.29. The van der Waals surface area contributed by atoms with Gasteiger partial charge >= 0.3 is 5.97 Å². The van der Waals surface area contributed by atoms with E-state index in [1.54, 1.807) is 11.4 Å². The number of nitrogens with zero attached hydrogens (tertiary/aromatic N) is 1. The molecule has 0 aliphatic heterocycles. The number of amides is 1. The number of carbonyl (C=O) groups is 2. The first-order valence-corrected chi connectivity index (χ1v) is 7.15. The normalized spacial score (nSPS) is 15.4. The molecule has 1 aromatic heterocycles. The number of carboxylic acids is 1. The first-order chi connectivity index (χ1) is 9.13. The maximum Gasteiger partial charge on any atom is 0.323 e. The van der Waals surface area contributed by atoms with E-state index in [0.29, 0.717) is 10.6 Å². The molecule has 0 bridgehead atoms. The van der Waals surface area contributed by atoms with E-state index >= 15 is 0 Å². The predicted octanol–water partition coefficient (Wildman–Crippen LogP) is 2.23. The van der Waals surface area contributed by atoms with E-state index in [1.165, 1.54) is 23.3 Å². The molecule has 0 saturated heterocycles. The van der Waals surface area contributed by atoms with Gasteiger partial charge in [0.15, 0.2) is 0 Å². The van der Waals surface area contributed by atoms with Gasteiger partial charge < -0.3 is 14.7 Å². The molecule has 1 fully saturated rings. The van der Waals surface area contributed by atoms with Gasteiger partial charge in [-0.3, -0.25) is 9.59 Å². The molecule has 2 rings (SSSR count). The molecule has 6 heteroatoms. The third-order valence-corrected chi connectivity index (χ3v) is 4.26. The summed E-state index contributed by atoms with van der Waals surface area (Å²) in [5.41, 5.74) is 0. The van der Waals surface area contributed by atoms with Crippen LogP contribution in [0.3, 0.4) is 0 Å². The minimum Gasteiger partial charge on any atom is -0.495 e. The summed E-state index contributed by atoms with van der Waals surface area (Å²) in [4.78, 5) is 25.4. The highest BCUT2D eigenvalue weighted by Gasteiger charge is 2.31. The Morgan fingerprint density at radius 1 is 1.47 bits per heavy atom. The molecule has 1 aliphatic carbocycles. The van der Waals surface area contributed by atoms with Crippen molar-refractivity contribution in [3.63, 3.8) is 0 Å². The SMILES string of the molecule is COc1ccsc1C(=O)N(CC(=O)O)C1CCCC1. The third-order valence-electron chi connectivity index (χ3n) is 3.38. The number of carbonyl (C=O) groups excluding carboxylic acids is 1. The Bertz CT molecular complexity index is 465. The molecule has 0 atom stereocenters. The fourth-order valence-corrected chi connectivity index (χ4v) is 3.29. The second kappa shape index (κ2) is 6.06. The number of hydrogen-bond acceptors (Lipinski definition) is 4. The Kier molecular flexibility index (Phi) is 4.42. The Hall–Kier alpha value is -1.56. The highest BCUT2D eigenvalue weighted by molar-refractivity contribution is 7.12. The highest BCUT2D eigenvalue weighted by Crippen LogP contribution is 2.30. The lowest BCUT2D eigenvalue weighted by Gasteiger charge is -2.27. The number of ether oxygens (including phenoxy) is 1. The van der Waals surface area contributed by atoms with Gasteiger partial charge in [-0.2, -0.15) is 0 Å². The Balaban J connectivity index is 2.21. The van der Waals surface area contributed by atoms with E-state index < -0.39 is 5.97 Å². The summed E-state index contributed by atoms with van der Waals surface area (Å²) in [7, 11) is 1.51. The summed E-state index contributed by atoms with van der Waals surface area (Å²) in [6.07, 6.45) is 3.87. The van der Waals surface area contributed by atoms with E-state index in [9.17, 15) is 9.59 Å². The van der Waals surface area contributed by atoms with Crippen LogP contribution in [0.15, 0.2) is 11.4 Å². The smallest absolute Gasteiger partial charge is 0.323 e. The van der Waals surface area contributed by atoms with Gasteiger partial charge in [0.05, 0.1) is 7.11 Å². The summed E-state index contributed by atoms with van der Waals surface area (Å²) in [5.74, 6) is -0.694. The zero-order valence-electron chi connectivity index (χ0n) is 10.8. The van der Waals surface area contributed by atoms with Crippen molar-refractivity contribution >= 4 is 23.2 Å². The minimum atomic E-state index is -0.976. The molecule has 1 N–H and O–H groups in total. The van der Waals surface area contributed by atoms with Crippen LogP contribution in [0.1, 0.15) is 35.4 Å². The van der Waals surface area contributed by atoms with Crippen LogP contribution in [0.2, 0.25) is 0 Å². The molecule has 1 amide bonds. The first kappa shape index (κ1) is 13.9. The van der Waals surface area contributed by atoms with Crippen LogP contribution in [-0.4, -0.2) is 41.6 Å². The van der Waals surface area contributed by atoms with Crippen LogP contribution >= 0.6 is 11.3 Å². The van der Waals surface area contributed by atoms with E-state index in [1.807, 2.05) is 0 Å². The Labute approximate surface area is 115 Å². The number of rotatable bonds is 5. The molecule has 1 aromatic rings. The lowest BCUT2D eigenvalue weighted by atomic mass is 10.2. The van der Waals surface area contributed by atoms with Crippen LogP contribution in [0.25, 0.3) is 0 Å². The third kappa shape index (κ3) is 3.07. The van der Waals surface area contributed by atoms with Gasteiger partial charge in [-0.05, 0) is 24.3 Å². The number of hydrogen-bond donors (Lipinski definition) is 1. The molecule has 0 radical (unpaired) electrons. The zero-order chi connectivity index (χ0) is 13.8. The van der Waals surface area contributed by atoms with Gasteiger partial charge in [-0.1, -0.05) is 12.8 Å². The van der Waals surface area contributed by atoms with Crippen molar-refractivity contribution in [2.24, 2.45) is 0 Å². The lowest BCUT2D eigenvalue weighted by molar-refractivity contribution is -0.138. The van der Waals surface area contributed by atoms with Crippen molar-refractivity contribution in [2.45, 2.75) is 31.7 Å². The molecule has 1 aliphatic rings. The fourth-order valence-electron chi connectivity index (χ4n) is 2.47. The summed E-state index contributed by atoms with van der Waals surface area (Å²) in [5, 5.41) is 10.8. The lowest BCUT2D eigenvalue weighted by Crippen LogP contribution is -2.42. The van der Waals surface area contributed by atoms with Gasteiger partial charge in [0.2, 0.25) is 0 Å². The minimum absolute atomic E-state index is 0.0374. The topological polar surface area (TPSA) is 66.8 Å². The monoisotopic (exact) mass is 283 g/mol. The second-order valence-electron chi connectivity index (χ2n) is 4.58. The predicted molar refractivity (Wildman–Crippen MR) is 71.8 cm³/mol. The van der Waals surface area contributed by atoms with Crippen LogP contribution in [0.4, 0.5) is 0 Å². The molecule has 1 saturated carbocycles. The Morgan fingerprint density at radius 3 is 2.74 bits per heavy atom. The molecule has 0 spiro atoms. The number of carboxylic acid groups (broad SMARTS) is 1. The molecule has 104 valence electrons. The molecule has 19 heavy (non-hydrogen) atoms. The van der Waals surface area contributed by atoms with Gasteiger partial charge in [-0.25, -0.2) is 0 Å². The first-order valence-electron chi connectivity index (χ1n) is 6.27. The van der Waals surface area contributed by atoms with Crippen molar-refractivity contribution in [1.82, 2.24) is 4.90 Å². The molecule has 0 aromatic carbocycles. The zero-order valence-corrected chi connectivity index (χ0v) is 11.6. The standard InChI is InChI=1S/C13H17NO4S/c1-18-10-6-7-19-12(10)13(17)14(8-11(15)16)9-4-2-3-5-9/h6-7,9H,2-5,8H2,1H3,(H,15,16). The van der Waals surface area contributed by atoms with Crippen molar-refractivity contribution in [3.8, 4) is 5.75 Å². The van der Waals surface area contributed by atoms with Crippen LogP contribution in [0, 0.1) is 0 Å². The largest absolute Gasteiger partial charge is 0.495 e. The van der Waals surface area contributed by atoms with Crippen LogP contribution in [-0.2, 0) is 4.79 Å². The maximum absolute atomic E-state index is 12.5. The fraction of sp³-hybridized carbons (Fsp3) is 0.538. The molecular weight excluding hydrogens is 266 g/mol. The second-order valence-corrected chi connectivity index (χ2v) is 5.50. The summed E-state index contributed by atoms with van der Waals surface area (Å²) < 4.78 is 5.14. The molecule has 1 heterocycles. The molecule has 5 nitrogen and oxygen atoms in total. The molecular formula is C13H17NO4S. The van der Waals surface area contributed by atoms with E-state index in [-0.39, 0.29) is 18.5 Å². The molecule has 0 unspecified atom stereocenters. The average Bonchev–Trinajstić information content (AvgIpc) is 3.05. The summed E-state index contributed by atoms with van der Waals surface area (Å²) in [6.45, 7) is -0.245. The van der Waals surface area contributed by atoms with Crippen molar-refractivity contribution in [1.29, 1.82) is 0 Å². The number of thiophene rings is 1. The van der Waals surface area contributed by atoms with Crippen molar-refractivity contribution in [3.05, 3.63) is 16.3 Å². The van der Waals surface area contributed by atoms with E-state index in [0.717, 1.165) is 25.7 Å². The van der Waals surface area contributed by atoms with Crippen molar-refractivity contribution in [2.75, 3.05) is 13.7 Å². The van der Waals surface area contributed by atoms with Crippen LogP contribution < -0.4 is 4.74 Å². The van der Waals surface area contributed by atoms with Crippen molar-refractivity contribution < 1.29 is 19.4 Å². The summed E-state index contributed by atoms with van der Waals surface area (Å²) in [6, 6.07) is 1.77.